The lowest BCUT2D eigenvalue weighted by Crippen LogP contribution is -2.20. The molecular formula is C19H22N2O3. The molecule has 0 atom stereocenters. The van der Waals surface area contributed by atoms with Crippen molar-refractivity contribution in [3.05, 3.63) is 59.2 Å². The SMILES string of the molecule is CC/C(=N/NC(=O)c1ccc(C)cc1)c1ccc(OC)c(OC)c1. The lowest BCUT2D eigenvalue weighted by Gasteiger charge is -2.10. The van der Waals surface area contributed by atoms with E-state index in [1.807, 2.05) is 44.2 Å². The molecule has 0 bridgehead atoms. The van der Waals surface area contributed by atoms with Gasteiger partial charge in [0.25, 0.3) is 5.91 Å². The Kier molecular flexibility index (Phi) is 5.95. The van der Waals surface area contributed by atoms with Crippen molar-refractivity contribution in [1.29, 1.82) is 0 Å². The highest BCUT2D eigenvalue weighted by Gasteiger charge is 2.09. The summed E-state index contributed by atoms with van der Waals surface area (Å²) in [5, 5.41) is 4.26. The average Bonchev–Trinajstić information content (AvgIpc) is 2.62. The summed E-state index contributed by atoms with van der Waals surface area (Å²) in [6.07, 6.45) is 0.670. The number of benzene rings is 2. The first kappa shape index (κ1) is 17.5. The topological polar surface area (TPSA) is 59.9 Å². The first-order chi connectivity index (χ1) is 11.6. The molecule has 2 rings (SSSR count). The molecule has 126 valence electrons. The van der Waals surface area contributed by atoms with Crippen molar-refractivity contribution >= 4 is 11.6 Å². The van der Waals surface area contributed by atoms with Gasteiger partial charge in [0, 0.05) is 11.1 Å². The Morgan fingerprint density at radius 2 is 1.62 bits per heavy atom. The summed E-state index contributed by atoms with van der Waals surface area (Å²) in [7, 11) is 3.18. The second kappa shape index (κ2) is 8.15. The molecule has 0 saturated carbocycles. The van der Waals surface area contributed by atoms with Crippen molar-refractivity contribution in [3.63, 3.8) is 0 Å². The monoisotopic (exact) mass is 326 g/mol. The highest BCUT2D eigenvalue weighted by atomic mass is 16.5. The zero-order valence-electron chi connectivity index (χ0n) is 14.4. The van der Waals surface area contributed by atoms with Gasteiger partial charge in [-0.15, -0.1) is 0 Å². The van der Waals surface area contributed by atoms with Crippen LogP contribution < -0.4 is 14.9 Å². The lowest BCUT2D eigenvalue weighted by molar-refractivity contribution is 0.0955. The van der Waals surface area contributed by atoms with Crippen LogP contribution >= 0.6 is 0 Å². The third-order valence-corrected chi connectivity index (χ3v) is 3.66. The molecule has 0 aliphatic heterocycles. The van der Waals surface area contributed by atoms with Gasteiger partial charge in [0.1, 0.15) is 0 Å². The summed E-state index contributed by atoms with van der Waals surface area (Å²) < 4.78 is 10.5. The van der Waals surface area contributed by atoms with E-state index in [1.165, 1.54) is 0 Å². The Morgan fingerprint density at radius 3 is 2.21 bits per heavy atom. The molecule has 24 heavy (non-hydrogen) atoms. The normalized spacial score (nSPS) is 11.1. The zero-order valence-corrected chi connectivity index (χ0v) is 14.4. The summed E-state index contributed by atoms with van der Waals surface area (Å²) in [4.78, 5) is 12.2. The van der Waals surface area contributed by atoms with E-state index in [-0.39, 0.29) is 5.91 Å². The highest BCUT2D eigenvalue weighted by Crippen LogP contribution is 2.28. The lowest BCUT2D eigenvalue weighted by atomic mass is 10.1. The first-order valence-corrected chi connectivity index (χ1v) is 7.75. The van der Waals surface area contributed by atoms with Crippen molar-refractivity contribution in [2.24, 2.45) is 5.10 Å². The largest absolute Gasteiger partial charge is 0.493 e. The van der Waals surface area contributed by atoms with Gasteiger partial charge in [-0.3, -0.25) is 4.79 Å². The van der Waals surface area contributed by atoms with Gasteiger partial charge in [0.15, 0.2) is 11.5 Å². The molecule has 0 fully saturated rings. The molecule has 5 nitrogen and oxygen atoms in total. The molecule has 0 heterocycles. The van der Waals surface area contributed by atoms with Crippen LogP contribution in [-0.4, -0.2) is 25.8 Å². The van der Waals surface area contributed by atoms with Crippen LogP contribution in [-0.2, 0) is 0 Å². The smallest absolute Gasteiger partial charge is 0.271 e. The van der Waals surface area contributed by atoms with E-state index < -0.39 is 0 Å². The Hall–Kier alpha value is -2.82. The van der Waals surface area contributed by atoms with Crippen LogP contribution in [0.2, 0.25) is 0 Å². The molecule has 0 saturated heterocycles. The number of carbonyl (C=O) groups excluding carboxylic acids is 1. The molecule has 2 aromatic carbocycles. The van der Waals surface area contributed by atoms with Crippen LogP contribution in [0.1, 0.15) is 34.8 Å². The molecule has 0 unspecified atom stereocenters. The number of nitrogens with one attached hydrogen (secondary N) is 1. The second-order valence-electron chi connectivity index (χ2n) is 5.29. The maximum atomic E-state index is 12.2. The van der Waals surface area contributed by atoms with E-state index in [4.69, 9.17) is 9.47 Å². The van der Waals surface area contributed by atoms with E-state index >= 15 is 0 Å². The van der Waals surface area contributed by atoms with E-state index in [2.05, 4.69) is 10.5 Å². The van der Waals surface area contributed by atoms with Gasteiger partial charge in [-0.1, -0.05) is 24.6 Å². The minimum absolute atomic E-state index is 0.235. The Bertz CT molecular complexity index is 737. The molecule has 2 aromatic rings. The fraction of sp³-hybridized carbons (Fsp3) is 0.263. The molecule has 0 radical (unpaired) electrons. The molecule has 0 aliphatic rings. The van der Waals surface area contributed by atoms with Crippen molar-refractivity contribution in [1.82, 2.24) is 5.43 Å². The van der Waals surface area contributed by atoms with Gasteiger partial charge in [0.2, 0.25) is 0 Å². The highest BCUT2D eigenvalue weighted by molar-refractivity contribution is 6.02. The number of ether oxygens (including phenoxy) is 2. The third-order valence-electron chi connectivity index (χ3n) is 3.66. The predicted molar refractivity (Wildman–Crippen MR) is 95.0 cm³/mol. The van der Waals surface area contributed by atoms with E-state index in [0.717, 1.165) is 16.8 Å². The summed E-state index contributed by atoms with van der Waals surface area (Å²) >= 11 is 0. The van der Waals surface area contributed by atoms with E-state index in [1.54, 1.807) is 26.4 Å². The van der Waals surface area contributed by atoms with Gasteiger partial charge in [-0.2, -0.15) is 5.10 Å². The van der Waals surface area contributed by atoms with Crippen LogP contribution in [0.5, 0.6) is 11.5 Å². The van der Waals surface area contributed by atoms with Gasteiger partial charge < -0.3 is 9.47 Å². The van der Waals surface area contributed by atoms with Crippen molar-refractivity contribution in [2.45, 2.75) is 20.3 Å². The van der Waals surface area contributed by atoms with Gasteiger partial charge in [-0.05, 0) is 43.7 Å². The molecule has 0 spiro atoms. The van der Waals surface area contributed by atoms with Crippen molar-refractivity contribution in [3.8, 4) is 11.5 Å². The van der Waals surface area contributed by atoms with Crippen LogP contribution in [0, 0.1) is 6.92 Å². The summed E-state index contributed by atoms with van der Waals surface area (Å²) in [5.74, 6) is 1.04. The number of hydrogen-bond donors (Lipinski definition) is 1. The Balaban J connectivity index is 2.19. The fourth-order valence-corrected chi connectivity index (χ4v) is 2.25. The number of methoxy groups -OCH3 is 2. The number of hydrogen-bond acceptors (Lipinski definition) is 4. The number of hydrazone groups is 1. The summed E-state index contributed by atoms with van der Waals surface area (Å²) in [6.45, 7) is 3.96. The molecule has 0 aliphatic carbocycles. The second-order valence-corrected chi connectivity index (χ2v) is 5.29. The standard InChI is InChI=1S/C19H22N2O3/c1-5-16(15-10-11-17(23-3)18(12-15)24-4)20-21-19(22)14-8-6-13(2)7-9-14/h6-12H,5H2,1-4H3,(H,21,22)/b20-16-. The van der Waals surface area contributed by atoms with Gasteiger partial charge >= 0.3 is 0 Å². The average molecular weight is 326 g/mol. The van der Waals surface area contributed by atoms with Crippen LogP contribution in [0.15, 0.2) is 47.6 Å². The van der Waals surface area contributed by atoms with Crippen molar-refractivity contribution < 1.29 is 14.3 Å². The molecular weight excluding hydrogens is 304 g/mol. The maximum Gasteiger partial charge on any atom is 0.271 e. The van der Waals surface area contributed by atoms with Crippen LogP contribution in [0.4, 0.5) is 0 Å². The summed E-state index contributed by atoms with van der Waals surface area (Å²) in [5.41, 5.74) is 5.93. The van der Waals surface area contributed by atoms with E-state index in [9.17, 15) is 4.79 Å². The van der Waals surface area contributed by atoms with E-state index in [0.29, 0.717) is 23.5 Å². The Morgan fingerprint density at radius 1 is 1.00 bits per heavy atom. The minimum Gasteiger partial charge on any atom is -0.493 e. The van der Waals surface area contributed by atoms with Gasteiger partial charge in [0.05, 0.1) is 19.9 Å². The fourth-order valence-electron chi connectivity index (χ4n) is 2.25. The van der Waals surface area contributed by atoms with Crippen LogP contribution in [0.25, 0.3) is 0 Å². The number of nitrogens with zero attached hydrogens (tertiary/aromatic N) is 1. The quantitative estimate of drug-likeness (QED) is 0.652. The maximum absolute atomic E-state index is 12.2. The number of amides is 1. The minimum atomic E-state index is -0.235. The van der Waals surface area contributed by atoms with Crippen LogP contribution in [0.3, 0.4) is 0 Å². The third kappa shape index (κ3) is 4.13. The number of rotatable bonds is 6. The number of carbonyl (C=O) groups is 1. The predicted octanol–water partition coefficient (Wildman–Crippen LogP) is 3.56. The van der Waals surface area contributed by atoms with Gasteiger partial charge in [-0.25, -0.2) is 5.43 Å². The zero-order chi connectivity index (χ0) is 17.5. The Labute approximate surface area is 142 Å². The molecule has 1 N–H and O–H groups in total. The molecule has 0 aromatic heterocycles. The molecule has 5 heteroatoms. The summed E-state index contributed by atoms with van der Waals surface area (Å²) in [6, 6.07) is 12.9. The first-order valence-electron chi connectivity index (χ1n) is 7.75. The molecule has 1 amide bonds. The number of aryl methyl sites for hydroxylation is 1. The van der Waals surface area contributed by atoms with Crippen molar-refractivity contribution in [2.75, 3.05) is 14.2 Å².